The number of hydrogen-bond acceptors (Lipinski definition) is 6. The van der Waals surface area contributed by atoms with Gasteiger partial charge in [-0.1, -0.05) is 11.3 Å². The van der Waals surface area contributed by atoms with E-state index in [0.29, 0.717) is 12.0 Å². The molecule has 4 fully saturated rings. The highest BCUT2D eigenvalue weighted by Crippen LogP contribution is 2.63. The van der Waals surface area contributed by atoms with Crippen LogP contribution in [0.25, 0.3) is 16.9 Å². The van der Waals surface area contributed by atoms with Crippen molar-refractivity contribution in [3.05, 3.63) is 60.4 Å². The summed E-state index contributed by atoms with van der Waals surface area (Å²) in [6.07, 6.45) is 16.9. The molecule has 1 saturated heterocycles. The van der Waals surface area contributed by atoms with E-state index in [9.17, 15) is 0 Å². The first-order chi connectivity index (χ1) is 16.7. The van der Waals surface area contributed by atoms with Gasteiger partial charge in [0.25, 0.3) is 0 Å². The lowest BCUT2D eigenvalue weighted by Gasteiger charge is -2.62. The molecular weight excluding hydrogens is 424 g/mol. The molecule has 3 saturated carbocycles. The minimum Gasteiger partial charge on any atom is -0.370 e. The maximum Gasteiger partial charge on any atom is 0.137 e. The zero-order valence-electron chi connectivity index (χ0n) is 19.4. The zero-order valence-corrected chi connectivity index (χ0v) is 19.4. The van der Waals surface area contributed by atoms with Gasteiger partial charge in [0.2, 0.25) is 0 Å². The number of imidazole rings is 1. The number of pyridine rings is 2. The van der Waals surface area contributed by atoms with Crippen molar-refractivity contribution in [2.45, 2.75) is 45.2 Å². The molecular formula is C26H30N8. The van der Waals surface area contributed by atoms with E-state index < -0.39 is 0 Å². The maximum atomic E-state index is 4.78. The van der Waals surface area contributed by atoms with Crippen molar-refractivity contribution in [2.75, 3.05) is 24.5 Å². The average molecular weight is 455 g/mol. The number of rotatable bonds is 8. The second-order valence-corrected chi connectivity index (χ2v) is 10.5. The Bertz CT molecular complexity index is 1310. The lowest BCUT2D eigenvalue weighted by molar-refractivity contribution is -0.103. The Balaban J connectivity index is 1.02. The molecule has 174 valence electrons. The molecule has 0 spiro atoms. The molecule has 8 heteroatoms. The van der Waals surface area contributed by atoms with Crippen LogP contribution in [0.1, 0.15) is 43.4 Å². The van der Waals surface area contributed by atoms with Gasteiger partial charge in [0, 0.05) is 50.3 Å². The van der Waals surface area contributed by atoms with Crippen molar-refractivity contribution in [3.63, 3.8) is 0 Å². The molecule has 4 aromatic heterocycles. The summed E-state index contributed by atoms with van der Waals surface area (Å²) >= 11 is 0. The first-order valence-corrected chi connectivity index (χ1v) is 12.5. The van der Waals surface area contributed by atoms with E-state index >= 15 is 0 Å². The van der Waals surface area contributed by atoms with Crippen LogP contribution < -0.4 is 10.2 Å². The summed E-state index contributed by atoms with van der Waals surface area (Å²) in [7, 11) is 0. The minimum atomic E-state index is 0.588. The van der Waals surface area contributed by atoms with E-state index in [2.05, 4.69) is 60.5 Å². The predicted molar refractivity (Wildman–Crippen MR) is 130 cm³/mol. The molecule has 3 aliphatic carbocycles. The van der Waals surface area contributed by atoms with Crippen LogP contribution in [-0.2, 0) is 13.1 Å². The summed E-state index contributed by atoms with van der Waals surface area (Å²) in [5, 5.41) is 12.4. The van der Waals surface area contributed by atoms with Gasteiger partial charge >= 0.3 is 0 Å². The number of fused-ring (bicyclic) bond motifs is 1. The maximum absolute atomic E-state index is 4.78. The van der Waals surface area contributed by atoms with E-state index in [4.69, 9.17) is 4.98 Å². The van der Waals surface area contributed by atoms with Gasteiger partial charge in [-0.2, -0.15) is 0 Å². The Morgan fingerprint density at radius 2 is 1.91 bits per heavy atom. The van der Waals surface area contributed by atoms with Crippen LogP contribution in [0.3, 0.4) is 0 Å². The zero-order chi connectivity index (χ0) is 22.5. The first-order valence-electron chi connectivity index (χ1n) is 12.5. The van der Waals surface area contributed by atoms with Crippen molar-refractivity contribution in [3.8, 4) is 11.3 Å². The van der Waals surface area contributed by atoms with Crippen LogP contribution in [0.2, 0.25) is 0 Å². The van der Waals surface area contributed by atoms with Crippen molar-refractivity contribution < 1.29 is 0 Å². The van der Waals surface area contributed by atoms with Gasteiger partial charge in [-0.15, -0.1) is 5.10 Å². The fraction of sp³-hybridized carbons (Fsp3) is 0.462. The van der Waals surface area contributed by atoms with Crippen LogP contribution in [0, 0.1) is 11.3 Å². The molecule has 0 radical (unpaired) electrons. The molecule has 0 amide bonds. The summed E-state index contributed by atoms with van der Waals surface area (Å²) in [5.41, 5.74) is 6.87. The molecule has 2 bridgehead atoms. The van der Waals surface area contributed by atoms with Crippen molar-refractivity contribution in [1.29, 1.82) is 0 Å². The van der Waals surface area contributed by atoms with E-state index in [-0.39, 0.29) is 0 Å². The fourth-order valence-corrected chi connectivity index (χ4v) is 6.01. The van der Waals surface area contributed by atoms with Gasteiger partial charge in [-0.05, 0) is 61.1 Å². The third kappa shape index (κ3) is 3.66. The highest BCUT2D eigenvalue weighted by Gasteiger charge is 2.55. The fourth-order valence-electron chi connectivity index (χ4n) is 6.01. The monoisotopic (exact) mass is 454 g/mol. The Morgan fingerprint density at radius 3 is 2.74 bits per heavy atom. The summed E-state index contributed by atoms with van der Waals surface area (Å²) in [4.78, 5) is 11.6. The van der Waals surface area contributed by atoms with Crippen LogP contribution >= 0.6 is 0 Å². The van der Waals surface area contributed by atoms with Gasteiger partial charge in [0.1, 0.15) is 11.3 Å². The summed E-state index contributed by atoms with van der Waals surface area (Å²) in [5.74, 6) is 1.04. The van der Waals surface area contributed by atoms with E-state index in [1.165, 1.54) is 43.4 Å². The number of nitrogens with zero attached hydrogens (tertiary/aromatic N) is 7. The second kappa shape index (κ2) is 7.91. The molecule has 5 heterocycles. The van der Waals surface area contributed by atoms with Gasteiger partial charge in [-0.3, -0.25) is 4.98 Å². The van der Waals surface area contributed by atoms with Gasteiger partial charge in [0.15, 0.2) is 0 Å². The van der Waals surface area contributed by atoms with Crippen molar-refractivity contribution in [2.24, 2.45) is 11.3 Å². The quantitative estimate of drug-likeness (QED) is 0.439. The SMILES string of the molecule is c1cc2nc(Cn3cc(-c4cncc(N5CCCC5)c4)nn3)cn2cc1CNCC12CC(C1)C2. The summed E-state index contributed by atoms with van der Waals surface area (Å²) < 4.78 is 3.97. The highest BCUT2D eigenvalue weighted by atomic mass is 15.4. The molecule has 0 atom stereocenters. The average Bonchev–Trinajstić information content (AvgIpc) is 3.55. The molecule has 8 nitrogen and oxygen atoms in total. The van der Waals surface area contributed by atoms with E-state index in [0.717, 1.165) is 54.7 Å². The van der Waals surface area contributed by atoms with E-state index in [1.54, 1.807) is 0 Å². The smallest absolute Gasteiger partial charge is 0.137 e. The normalized spacial score (nSPS) is 23.3. The lowest BCUT2D eigenvalue weighted by atomic mass is 9.44. The molecule has 1 N–H and O–H groups in total. The van der Waals surface area contributed by atoms with Crippen molar-refractivity contribution >= 4 is 11.3 Å². The van der Waals surface area contributed by atoms with Gasteiger partial charge < -0.3 is 14.6 Å². The largest absolute Gasteiger partial charge is 0.370 e. The third-order valence-corrected chi connectivity index (χ3v) is 7.91. The first kappa shape index (κ1) is 20.1. The highest BCUT2D eigenvalue weighted by molar-refractivity contribution is 5.63. The molecule has 4 aromatic rings. The number of anilines is 1. The molecule has 8 rings (SSSR count). The lowest BCUT2D eigenvalue weighted by Crippen LogP contribution is -2.56. The van der Waals surface area contributed by atoms with Crippen LogP contribution in [0.15, 0.2) is 49.2 Å². The van der Waals surface area contributed by atoms with Crippen molar-refractivity contribution in [1.82, 2.24) is 34.7 Å². The van der Waals surface area contributed by atoms with Gasteiger partial charge in [-0.25, -0.2) is 9.67 Å². The van der Waals surface area contributed by atoms with Crippen LogP contribution in [-0.4, -0.2) is 49.0 Å². The number of aromatic nitrogens is 6. The Kier molecular flexibility index (Phi) is 4.68. The number of hydrogen-bond donors (Lipinski definition) is 1. The Morgan fingerprint density at radius 1 is 1.03 bits per heavy atom. The standard InChI is InChI=1S/C26H30N8/c1-2-6-32(5-1)23-7-21(12-27-13-23)24-17-34(31-30-24)16-22-15-33-14-19(3-4-25(33)29-22)11-28-18-26-8-20(9-26)10-26/h3-4,7,12-15,17,20,28H,1-2,5-6,8-11,16,18H2. The van der Waals surface area contributed by atoms with Crippen LogP contribution in [0.4, 0.5) is 5.69 Å². The van der Waals surface area contributed by atoms with Crippen LogP contribution in [0.5, 0.6) is 0 Å². The van der Waals surface area contributed by atoms with Gasteiger partial charge in [0.05, 0.1) is 30.3 Å². The number of nitrogens with one attached hydrogen (secondary N) is 1. The molecule has 1 aliphatic heterocycles. The molecule has 4 aliphatic rings. The predicted octanol–water partition coefficient (Wildman–Crippen LogP) is 3.53. The molecule has 0 aromatic carbocycles. The minimum absolute atomic E-state index is 0.588. The summed E-state index contributed by atoms with van der Waals surface area (Å²) in [6.45, 7) is 4.86. The molecule has 34 heavy (non-hydrogen) atoms. The third-order valence-electron chi connectivity index (χ3n) is 7.91. The molecule has 0 unspecified atom stereocenters. The van der Waals surface area contributed by atoms with E-state index in [1.807, 2.05) is 23.3 Å². The topological polar surface area (TPSA) is 76.2 Å². The Labute approximate surface area is 199 Å². The summed E-state index contributed by atoms with van der Waals surface area (Å²) in [6, 6.07) is 6.44. The second-order valence-electron chi connectivity index (χ2n) is 10.5. The Hall–Kier alpha value is -3.26.